The van der Waals surface area contributed by atoms with Gasteiger partial charge in [0, 0.05) is 31.7 Å². The third-order valence-electron chi connectivity index (χ3n) is 4.03. The highest BCUT2D eigenvalue weighted by molar-refractivity contribution is 5.61. The van der Waals surface area contributed by atoms with Crippen molar-refractivity contribution in [2.24, 2.45) is 0 Å². The van der Waals surface area contributed by atoms with Crippen molar-refractivity contribution >= 4 is 17.5 Å². The zero-order valence-corrected chi connectivity index (χ0v) is 14.8. The molecule has 0 atom stereocenters. The zero-order chi connectivity index (χ0) is 17.6. The Labute approximate surface area is 148 Å². The summed E-state index contributed by atoms with van der Waals surface area (Å²) >= 11 is 0. The van der Waals surface area contributed by atoms with Crippen molar-refractivity contribution in [1.82, 2.24) is 20.2 Å². The van der Waals surface area contributed by atoms with E-state index in [0.29, 0.717) is 11.8 Å². The first-order valence-electron chi connectivity index (χ1n) is 8.26. The average molecular weight is 334 g/mol. The first-order chi connectivity index (χ1) is 12.1. The van der Waals surface area contributed by atoms with E-state index >= 15 is 0 Å². The maximum absolute atomic E-state index is 4.58. The molecule has 0 aliphatic carbocycles. The molecule has 128 valence electrons. The van der Waals surface area contributed by atoms with Gasteiger partial charge in [0.25, 0.3) is 0 Å². The molecule has 0 saturated heterocycles. The third kappa shape index (κ3) is 4.50. The van der Waals surface area contributed by atoms with E-state index in [9.17, 15) is 0 Å². The maximum Gasteiger partial charge on any atom is 0.247 e. The summed E-state index contributed by atoms with van der Waals surface area (Å²) in [6.07, 6.45) is 6.16. The number of nitrogens with zero attached hydrogens (tertiary/aromatic N) is 5. The number of likely N-dealkylation sites (N-methyl/N-ethyl adjacent to an activating group) is 1. The molecule has 1 aromatic carbocycles. The number of anilines is 3. The van der Waals surface area contributed by atoms with Crippen LogP contribution in [0.15, 0.2) is 48.9 Å². The molecule has 0 bridgehead atoms. The quantitative estimate of drug-likeness (QED) is 0.746. The summed E-state index contributed by atoms with van der Waals surface area (Å²) in [6, 6.07) is 10.3. The van der Waals surface area contributed by atoms with Crippen LogP contribution in [0.3, 0.4) is 0 Å². The number of nitrogens with one attached hydrogen (secondary N) is 1. The molecule has 0 spiro atoms. The Kier molecular flexibility index (Phi) is 5.18. The van der Waals surface area contributed by atoms with Crippen molar-refractivity contribution in [3.8, 4) is 0 Å². The van der Waals surface area contributed by atoms with Crippen molar-refractivity contribution in [2.75, 3.05) is 23.8 Å². The minimum absolute atomic E-state index is 0.601. The molecule has 0 amide bonds. The van der Waals surface area contributed by atoms with Crippen LogP contribution in [0.25, 0.3) is 0 Å². The van der Waals surface area contributed by atoms with E-state index in [1.165, 1.54) is 11.1 Å². The summed E-state index contributed by atoms with van der Waals surface area (Å²) in [5, 5.41) is 11.6. The summed E-state index contributed by atoms with van der Waals surface area (Å²) in [5.74, 6) is 1.29. The van der Waals surface area contributed by atoms with Crippen LogP contribution < -0.4 is 10.2 Å². The number of hydrogen-bond donors (Lipinski definition) is 1. The number of rotatable bonds is 6. The van der Waals surface area contributed by atoms with E-state index in [4.69, 9.17) is 0 Å². The minimum Gasteiger partial charge on any atom is -0.342 e. The molecule has 2 aromatic heterocycles. The van der Waals surface area contributed by atoms with Gasteiger partial charge in [0.15, 0.2) is 5.82 Å². The standard InChI is InChI=1S/C19H22N6/c1-14-4-5-15(2)17(12-14)22-18-13-21-24-19(23-18)25(3)11-8-16-6-9-20-10-7-16/h4-7,9-10,12-13H,8,11H2,1-3H3,(H,22,23,24). The van der Waals surface area contributed by atoms with Gasteiger partial charge in [-0.1, -0.05) is 12.1 Å². The van der Waals surface area contributed by atoms with Gasteiger partial charge in [-0.3, -0.25) is 4.98 Å². The first kappa shape index (κ1) is 16.8. The van der Waals surface area contributed by atoms with Crippen LogP contribution in [0, 0.1) is 13.8 Å². The van der Waals surface area contributed by atoms with Crippen molar-refractivity contribution in [3.05, 3.63) is 65.6 Å². The highest BCUT2D eigenvalue weighted by Crippen LogP contribution is 2.21. The van der Waals surface area contributed by atoms with Gasteiger partial charge < -0.3 is 10.2 Å². The second kappa shape index (κ2) is 7.70. The molecule has 0 fully saturated rings. The van der Waals surface area contributed by atoms with E-state index in [1.807, 2.05) is 36.5 Å². The molecule has 6 heteroatoms. The Morgan fingerprint density at radius 2 is 1.88 bits per heavy atom. The second-order valence-electron chi connectivity index (χ2n) is 6.11. The van der Waals surface area contributed by atoms with Crippen LogP contribution in [0.5, 0.6) is 0 Å². The lowest BCUT2D eigenvalue weighted by Crippen LogP contribution is -2.23. The monoisotopic (exact) mass is 334 g/mol. The molecule has 3 aromatic rings. The Morgan fingerprint density at radius 1 is 1.08 bits per heavy atom. The van der Waals surface area contributed by atoms with Crippen LogP contribution in [-0.2, 0) is 6.42 Å². The number of aromatic nitrogens is 4. The summed E-state index contributed by atoms with van der Waals surface area (Å²) in [4.78, 5) is 10.6. The Hall–Kier alpha value is -3.02. The van der Waals surface area contributed by atoms with Crippen LogP contribution in [0.2, 0.25) is 0 Å². The van der Waals surface area contributed by atoms with E-state index in [0.717, 1.165) is 24.2 Å². The van der Waals surface area contributed by atoms with Gasteiger partial charge in [-0.2, -0.15) is 10.1 Å². The lowest BCUT2D eigenvalue weighted by molar-refractivity contribution is 0.812. The summed E-state index contributed by atoms with van der Waals surface area (Å²) in [5.41, 5.74) is 4.63. The van der Waals surface area contributed by atoms with Crippen molar-refractivity contribution in [2.45, 2.75) is 20.3 Å². The largest absolute Gasteiger partial charge is 0.342 e. The van der Waals surface area contributed by atoms with Crippen LogP contribution >= 0.6 is 0 Å². The fourth-order valence-corrected chi connectivity index (χ4v) is 2.47. The lowest BCUT2D eigenvalue weighted by Gasteiger charge is -2.17. The summed E-state index contributed by atoms with van der Waals surface area (Å²) < 4.78 is 0. The van der Waals surface area contributed by atoms with E-state index < -0.39 is 0 Å². The Bertz CT molecular complexity index is 834. The van der Waals surface area contributed by atoms with Gasteiger partial charge in [0.2, 0.25) is 5.95 Å². The van der Waals surface area contributed by atoms with Crippen LogP contribution in [0.1, 0.15) is 16.7 Å². The van der Waals surface area contributed by atoms with E-state index in [1.54, 1.807) is 6.20 Å². The molecule has 1 N–H and O–H groups in total. The van der Waals surface area contributed by atoms with Crippen LogP contribution in [-0.4, -0.2) is 33.8 Å². The zero-order valence-electron chi connectivity index (χ0n) is 14.8. The molecular weight excluding hydrogens is 312 g/mol. The number of pyridine rings is 1. The molecule has 6 nitrogen and oxygen atoms in total. The smallest absolute Gasteiger partial charge is 0.247 e. The Balaban J connectivity index is 1.69. The summed E-state index contributed by atoms with van der Waals surface area (Å²) in [7, 11) is 1.97. The van der Waals surface area contributed by atoms with Gasteiger partial charge in [-0.05, 0) is 55.2 Å². The highest BCUT2D eigenvalue weighted by atomic mass is 15.3. The lowest BCUT2D eigenvalue weighted by atomic mass is 10.1. The highest BCUT2D eigenvalue weighted by Gasteiger charge is 2.08. The summed E-state index contributed by atoms with van der Waals surface area (Å²) in [6.45, 7) is 4.94. The third-order valence-corrected chi connectivity index (χ3v) is 4.03. The molecule has 0 aliphatic heterocycles. The predicted octanol–water partition coefficient (Wildman–Crippen LogP) is 3.31. The predicted molar refractivity (Wildman–Crippen MR) is 100 cm³/mol. The van der Waals surface area contributed by atoms with Gasteiger partial charge >= 0.3 is 0 Å². The maximum atomic E-state index is 4.58. The molecule has 25 heavy (non-hydrogen) atoms. The Morgan fingerprint density at radius 3 is 2.68 bits per heavy atom. The van der Waals surface area contributed by atoms with Gasteiger partial charge in [-0.15, -0.1) is 5.10 Å². The normalized spacial score (nSPS) is 10.5. The van der Waals surface area contributed by atoms with E-state index in [2.05, 4.69) is 57.5 Å². The molecule has 0 unspecified atom stereocenters. The van der Waals surface area contributed by atoms with Gasteiger partial charge in [0.1, 0.15) is 0 Å². The number of aryl methyl sites for hydroxylation is 2. The fraction of sp³-hybridized carbons (Fsp3) is 0.263. The van der Waals surface area contributed by atoms with Crippen molar-refractivity contribution < 1.29 is 0 Å². The minimum atomic E-state index is 0.601. The molecule has 2 heterocycles. The molecule has 0 radical (unpaired) electrons. The van der Waals surface area contributed by atoms with Gasteiger partial charge in [-0.25, -0.2) is 0 Å². The van der Waals surface area contributed by atoms with Crippen molar-refractivity contribution in [1.29, 1.82) is 0 Å². The second-order valence-corrected chi connectivity index (χ2v) is 6.11. The molecule has 0 aliphatic rings. The first-order valence-corrected chi connectivity index (χ1v) is 8.26. The number of benzene rings is 1. The van der Waals surface area contributed by atoms with Crippen LogP contribution in [0.4, 0.5) is 17.5 Å². The SMILES string of the molecule is Cc1ccc(C)c(Nc2cnnc(N(C)CCc3ccncc3)n2)c1. The molecular formula is C19H22N6. The average Bonchev–Trinajstić information content (AvgIpc) is 2.64. The van der Waals surface area contributed by atoms with Crippen molar-refractivity contribution in [3.63, 3.8) is 0 Å². The number of hydrogen-bond acceptors (Lipinski definition) is 6. The fourth-order valence-electron chi connectivity index (χ4n) is 2.47. The van der Waals surface area contributed by atoms with E-state index in [-0.39, 0.29) is 0 Å². The molecule has 0 saturated carbocycles. The van der Waals surface area contributed by atoms with Gasteiger partial charge in [0.05, 0.1) is 6.20 Å². The topological polar surface area (TPSA) is 66.8 Å². The molecule has 3 rings (SSSR count).